The fourth-order valence-electron chi connectivity index (χ4n) is 2.14. The molecule has 0 heterocycles. The van der Waals surface area contributed by atoms with Crippen LogP contribution in [-0.2, 0) is 6.42 Å². The number of ether oxygens (including phenoxy) is 1. The van der Waals surface area contributed by atoms with Gasteiger partial charge in [0.05, 0.1) is 6.04 Å². The second-order valence-electron chi connectivity index (χ2n) is 4.52. The summed E-state index contributed by atoms with van der Waals surface area (Å²) in [6, 6.07) is 18.8. The highest BCUT2D eigenvalue weighted by Gasteiger charge is 2.10. The summed E-state index contributed by atoms with van der Waals surface area (Å²) in [6.07, 6.45) is 0.992. The molecule has 2 aromatic rings. The highest BCUT2D eigenvalue weighted by molar-refractivity contribution is 5.33. The minimum absolute atomic E-state index is 0.214. The predicted octanol–water partition coefficient (Wildman–Crippen LogP) is 3.59. The third kappa shape index (κ3) is 3.58. The first-order chi connectivity index (χ1) is 9.35. The molecule has 0 bridgehead atoms. The van der Waals surface area contributed by atoms with E-state index in [-0.39, 0.29) is 6.04 Å². The molecule has 0 saturated heterocycles. The molecule has 2 aromatic carbocycles. The summed E-state index contributed by atoms with van der Waals surface area (Å²) < 4.78 is 5.97. The molecule has 19 heavy (non-hydrogen) atoms. The summed E-state index contributed by atoms with van der Waals surface area (Å²) >= 11 is 0. The number of benzene rings is 2. The molecular formula is C17H21NO. The van der Waals surface area contributed by atoms with Gasteiger partial charge in [-0.3, -0.25) is 0 Å². The molecule has 0 aliphatic rings. The third-order valence-corrected chi connectivity index (χ3v) is 3.31. The van der Waals surface area contributed by atoms with Crippen molar-refractivity contribution in [2.75, 3.05) is 13.7 Å². The van der Waals surface area contributed by atoms with E-state index in [2.05, 4.69) is 48.6 Å². The Morgan fingerprint density at radius 3 is 2.37 bits per heavy atom. The van der Waals surface area contributed by atoms with Crippen molar-refractivity contribution in [1.29, 1.82) is 0 Å². The van der Waals surface area contributed by atoms with Crippen molar-refractivity contribution in [3.8, 4) is 5.75 Å². The molecule has 1 atom stereocenters. The second-order valence-corrected chi connectivity index (χ2v) is 4.52. The highest BCUT2D eigenvalue weighted by Crippen LogP contribution is 2.20. The van der Waals surface area contributed by atoms with E-state index in [0.29, 0.717) is 6.61 Å². The molecule has 2 nitrogen and oxygen atoms in total. The van der Waals surface area contributed by atoms with Crippen LogP contribution < -0.4 is 10.1 Å². The van der Waals surface area contributed by atoms with Gasteiger partial charge in [0.1, 0.15) is 12.4 Å². The standard InChI is InChI=1S/C17H21NO/c1-3-14-9-7-8-12-17(14)19-13-16(18-2)15-10-5-4-6-11-15/h4-12,16,18H,3,13H2,1-2H3. The van der Waals surface area contributed by atoms with E-state index >= 15 is 0 Å². The Balaban J connectivity index is 2.04. The van der Waals surface area contributed by atoms with Gasteiger partial charge in [0, 0.05) is 0 Å². The lowest BCUT2D eigenvalue weighted by Gasteiger charge is -2.18. The van der Waals surface area contributed by atoms with Crippen LogP contribution >= 0.6 is 0 Å². The van der Waals surface area contributed by atoms with Crippen LogP contribution in [0.5, 0.6) is 5.75 Å². The van der Waals surface area contributed by atoms with Gasteiger partial charge in [-0.1, -0.05) is 55.5 Å². The SMILES string of the molecule is CCc1ccccc1OCC(NC)c1ccccc1. The smallest absolute Gasteiger partial charge is 0.122 e. The molecule has 0 aliphatic heterocycles. The lowest BCUT2D eigenvalue weighted by atomic mass is 10.1. The Labute approximate surface area is 115 Å². The van der Waals surface area contributed by atoms with Crippen LogP contribution in [0.4, 0.5) is 0 Å². The minimum atomic E-state index is 0.214. The van der Waals surface area contributed by atoms with Crippen molar-refractivity contribution >= 4 is 0 Å². The molecule has 0 saturated carbocycles. The Morgan fingerprint density at radius 2 is 1.68 bits per heavy atom. The van der Waals surface area contributed by atoms with Crippen LogP contribution in [0.2, 0.25) is 0 Å². The number of likely N-dealkylation sites (N-methyl/N-ethyl adjacent to an activating group) is 1. The van der Waals surface area contributed by atoms with E-state index in [0.717, 1.165) is 12.2 Å². The molecule has 0 fully saturated rings. The van der Waals surface area contributed by atoms with Crippen molar-refractivity contribution in [2.24, 2.45) is 0 Å². The fraction of sp³-hybridized carbons (Fsp3) is 0.294. The quantitative estimate of drug-likeness (QED) is 0.851. The zero-order valence-electron chi connectivity index (χ0n) is 11.6. The molecule has 1 N–H and O–H groups in total. The summed E-state index contributed by atoms with van der Waals surface area (Å²) in [5.41, 5.74) is 2.50. The molecule has 0 aromatic heterocycles. The molecule has 1 unspecified atom stereocenters. The first kappa shape index (κ1) is 13.6. The highest BCUT2D eigenvalue weighted by atomic mass is 16.5. The molecule has 0 spiro atoms. The van der Waals surface area contributed by atoms with Gasteiger partial charge in [0.2, 0.25) is 0 Å². The van der Waals surface area contributed by atoms with Gasteiger partial charge >= 0.3 is 0 Å². The fourth-order valence-corrected chi connectivity index (χ4v) is 2.14. The van der Waals surface area contributed by atoms with Crippen LogP contribution in [0.25, 0.3) is 0 Å². The van der Waals surface area contributed by atoms with Crippen LogP contribution in [0.3, 0.4) is 0 Å². The molecule has 100 valence electrons. The topological polar surface area (TPSA) is 21.3 Å². The van der Waals surface area contributed by atoms with Crippen LogP contribution in [0.15, 0.2) is 54.6 Å². The Morgan fingerprint density at radius 1 is 1.00 bits per heavy atom. The largest absolute Gasteiger partial charge is 0.491 e. The van der Waals surface area contributed by atoms with E-state index in [1.54, 1.807) is 0 Å². The van der Waals surface area contributed by atoms with Gasteiger partial charge in [-0.25, -0.2) is 0 Å². The van der Waals surface area contributed by atoms with Crippen LogP contribution in [-0.4, -0.2) is 13.7 Å². The molecule has 2 rings (SSSR count). The zero-order valence-corrected chi connectivity index (χ0v) is 11.6. The number of rotatable bonds is 6. The second kappa shape index (κ2) is 6.95. The maximum atomic E-state index is 5.97. The van der Waals surface area contributed by atoms with Gasteiger partial charge in [0.25, 0.3) is 0 Å². The zero-order chi connectivity index (χ0) is 13.5. The first-order valence-electron chi connectivity index (χ1n) is 6.78. The van der Waals surface area contributed by atoms with E-state index in [1.165, 1.54) is 11.1 Å². The summed E-state index contributed by atoms with van der Waals surface area (Å²) in [7, 11) is 1.97. The Hall–Kier alpha value is -1.80. The average Bonchev–Trinajstić information content (AvgIpc) is 2.49. The van der Waals surface area contributed by atoms with E-state index < -0.39 is 0 Å². The summed E-state index contributed by atoms with van der Waals surface area (Å²) in [5.74, 6) is 0.987. The number of hydrogen-bond donors (Lipinski definition) is 1. The lowest BCUT2D eigenvalue weighted by Crippen LogP contribution is -2.23. The van der Waals surface area contributed by atoms with Crippen molar-refractivity contribution < 1.29 is 4.74 Å². The summed E-state index contributed by atoms with van der Waals surface area (Å²) in [5, 5.41) is 3.30. The number of hydrogen-bond acceptors (Lipinski definition) is 2. The van der Waals surface area contributed by atoms with Crippen LogP contribution in [0, 0.1) is 0 Å². The summed E-state index contributed by atoms with van der Waals surface area (Å²) in [6.45, 7) is 2.78. The summed E-state index contributed by atoms with van der Waals surface area (Å²) in [4.78, 5) is 0. The Kier molecular flexibility index (Phi) is 4.99. The molecule has 0 radical (unpaired) electrons. The average molecular weight is 255 g/mol. The molecule has 0 amide bonds. The van der Waals surface area contributed by atoms with Crippen LogP contribution in [0.1, 0.15) is 24.1 Å². The molecular weight excluding hydrogens is 234 g/mol. The predicted molar refractivity (Wildman–Crippen MR) is 79.6 cm³/mol. The Bertz CT molecular complexity index is 496. The minimum Gasteiger partial charge on any atom is -0.491 e. The van der Waals surface area contributed by atoms with Gasteiger partial charge in [-0.15, -0.1) is 0 Å². The van der Waals surface area contributed by atoms with Gasteiger partial charge in [-0.05, 0) is 30.7 Å². The first-order valence-corrected chi connectivity index (χ1v) is 6.78. The van der Waals surface area contributed by atoms with E-state index in [1.807, 2.05) is 25.2 Å². The van der Waals surface area contributed by atoms with Crippen molar-refractivity contribution in [1.82, 2.24) is 5.32 Å². The van der Waals surface area contributed by atoms with Gasteiger partial charge in [0.15, 0.2) is 0 Å². The molecule has 2 heteroatoms. The number of aryl methyl sites for hydroxylation is 1. The number of nitrogens with one attached hydrogen (secondary N) is 1. The van der Waals surface area contributed by atoms with Gasteiger partial charge in [-0.2, -0.15) is 0 Å². The van der Waals surface area contributed by atoms with E-state index in [4.69, 9.17) is 4.74 Å². The number of para-hydroxylation sites is 1. The third-order valence-electron chi connectivity index (χ3n) is 3.31. The van der Waals surface area contributed by atoms with Crippen molar-refractivity contribution in [3.63, 3.8) is 0 Å². The maximum absolute atomic E-state index is 5.97. The maximum Gasteiger partial charge on any atom is 0.122 e. The normalized spacial score (nSPS) is 12.1. The lowest BCUT2D eigenvalue weighted by molar-refractivity contribution is 0.271. The molecule has 0 aliphatic carbocycles. The van der Waals surface area contributed by atoms with E-state index in [9.17, 15) is 0 Å². The monoisotopic (exact) mass is 255 g/mol. The van der Waals surface area contributed by atoms with Gasteiger partial charge < -0.3 is 10.1 Å². The van der Waals surface area contributed by atoms with Crippen molar-refractivity contribution in [2.45, 2.75) is 19.4 Å². The van der Waals surface area contributed by atoms with Crippen molar-refractivity contribution in [3.05, 3.63) is 65.7 Å².